The monoisotopic (exact) mass is 547 g/mol. The first kappa shape index (κ1) is 25.6. The van der Waals surface area contributed by atoms with E-state index in [1.54, 1.807) is 12.3 Å². The minimum Gasteiger partial charge on any atom is -0.490 e. The molecule has 1 heterocycles. The van der Waals surface area contributed by atoms with Crippen molar-refractivity contribution < 1.29 is 9.47 Å². The second-order valence-corrected chi connectivity index (χ2v) is 10.5. The third kappa shape index (κ3) is 5.85. The van der Waals surface area contributed by atoms with Gasteiger partial charge in [0.2, 0.25) is 0 Å². The average molecular weight is 548 g/mol. The van der Waals surface area contributed by atoms with E-state index in [1.807, 2.05) is 70.2 Å². The molecular formula is C29H30BrN3O3. The van der Waals surface area contributed by atoms with Crippen molar-refractivity contribution in [3.63, 3.8) is 0 Å². The summed E-state index contributed by atoms with van der Waals surface area (Å²) in [6.07, 6.45) is 1.65. The molecule has 4 aromatic rings. The molecule has 0 aliphatic rings. The predicted octanol–water partition coefficient (Wildman–Crippen LogP) is 6.62. The van der Waals surface area contributed by atoms with Gasteiger partial charge in [-0.3, -0.25) is 4.79 Å². The summed E-state index contributed by atoms with van der Waals surface area (Å²) in [4.78, 5) is 18.1. The summed E-state index contributed by atoms with van der Waals surface area (Å²) in [5, 5.41) is 5.07. The Hall–Kier alpha value is -3.45. The highest BCUT2D eigenvalue weighted by Crippen LogP contribution is 2.29. The van der Waals surface area contributed by atoms with Gasteiger partial charge < -0.3 is 9.47 Å². The quantitative estimate of drug-likeness (QED) is 0.244. The van der Waals surface area contributed by atoms with Gasteiger partial charge in [-0.25, -0.2) is 4.98 Å². The van der Waals surface area contributed by atoms with Crippen molar-refractivity contribution in [3.05, 3.63) is 98.0 Å². The van der Waals surface area contributed by atoms with E-state index in [-0.39, 0.29) is 11.0 Å². The molecule has 0 radical (unpaired) electrons. The second-order valence-electron chi connectivity index (χ2n) is 9.63. The summed E-state index contributed by atoms with van der Waals surface area (Å²) in [5.41, 5.74) is 3.10. The van der Waals surface area contributed by atoms with Gasteiger partial charge in [-0.2, -0.15) is 9.78 Å². The number of ether oxygens (including phenoxy) is 2. The highest BCUT2D eigenvalue weighted by Gasteiger charge is 2.23. The van der Waals surface area contributed by atoms with E-state index in [1.165, 1.54) is 10.2 Å². The zero-order chi connectivity index (χ0) is 25.9. The van der Waals surface area contributed by atoms with E-state index in [0.717, 1.165) is 15.6 Å². The SMILES string of the molecule is CCOc1cc(C=Nn2c(C(C)(C)C)nc3ccc(Br)cc3c2=O)ccc1OCc1cccc(C)c1. The summed E-state index contributed by atoms with van der Waals surface area (Å²) in [6, 6.07) is 19.3. The molecular weight excluding hydrogens is 518 g/mol. The Kier molecular flexibility index (Phi) is 7.59. The van der Waals surface area contributed by atoms with E-state index in [2.05, 4.69) is 40.1 Å². The Balaban J connectivity index is 1.68. The number of fused-ring (bicyclic) bond motifs is 1. The molecule has 0 saturated carbocycles. The van der Waals surface area contributed by atoms with Crippen LogP contribution in [-0.2, 0) is 12.0 Å². The highest BCUT2D eigenvalue weighted by atomic mass is 79.9. The fraction of sp³-hybridized carbons (Fsp3) is 0.276. The molecule has 7 heteroatoms. The van der Waals surface area contributed by atoms with Gasteiger partial charge in [0.05, 0.1) is 23.7 Å². The molecule has 3 aromatic carbocycles. The lowest BCUT2D eigenvalue weighted by molar-refractivity contribution is 0.269. The van der Waals surface area contributed by atoms with Crippen molar-refractivity contribution >= 4 is 33.0 Å². The lowest BCUT2D eigenvalue weighted by Crippen LogP contribution is -2.29. The summed E-state index contributed by atoms with van der Waals surface area (Å²) in [7, 11) is 0. The van der Waals surface area contributed by atoms with E-state index in [9.17, 15) is 4.79 Å². The molecule has 6 nitrogen and oxygen atoms in total. The van der Waals surface area contributed by atoms with E-state index < -0.39 is 0 Å². The van der Waals surface area contributed by atoms with Crippen LogP contribution in [0.25, 0.3) is 10.9 Å². The molecule has 4 rings (SSSR count). The van der Waals surface area contributed by atoms with Crippen molar-refractivity contribution in [2.24, 2.45) is 5.10 Å². The highest BCUT2D eigenvalue weighted by molar-refractivity contribution is 9.10. The molecule has 0 bridgehead atoms. The maximum absolute atomic E-state index is 13.4. The van der Waals surface area contributed by atoms with Crippen LogP contribution in [0.15, 0.2) is 75.0 Å². The number of nitrogens with zero attached hydrogens (tertiary/aromatic N) is 3. The predicted molar refractivity (Wildman–Crippen MR) is 149 cm³/mol. The van der Waals surface area contributed by atoms with Crippen LogP contribution in [0.4, 0.5) is 0 Å². The lowest BCUT2D eigenvalue weighted by Gasteiger charge is -2.21. The third-order valence-electron chi connectivity index (χ3n) is 5.55. The third-order valence-corrected chi connectivity index (χ3v) is 6.04. The van der Waals surface area contributed by atoms with E-state index in [4.69, 9.17) is 14.5 Å². The van der Waals surface area contributed by atoms with Gasteiger partial charge in [0.25, 0.3) is 5.56 Å². The Morgan fingerprint density at radius 3 is 2.56 bits per heavy atom. The van der Waals surface area contributed by atoms with Crippen LogP contribution in [0.5, 0.6) is 11.5 Å². The van der Waals surface area contributed by atoms with Gasteiger partial charge in [0, 0.05) is 9.89 Å². The average Bonchev–Trinajstić information content (AvgIpc) is 2.83. The molecule has 0 fully saturated rings. The van der Waals surface area contributed by atoms with Gasteiger partial charge in [0.1, 0.15) is 12.4 Å². The summed E-state index contributed by atoms with van der Waals surface area (Å²) in [6.45, 7) is 11.0. The number of rotatable bonds is 7. The molecule has 0 unspecified atom stereocenters. The molecule has 0 N–H and O–H groups in total. The molecule has 0 aliphatic carbocycles. The Labute approximate surface area is 219 Å². The maximum atomic E-state index is 13.4. The van der Waals surface area contributed by atoms with Crippen LogP contribution < -0.4 is 15.0 Å². The Morgan fingerprint density at radius 1 is 1.03 bits per heavy atom. The molecule has 1 aromatic heterocycles. The number of halogens is 1. The van der Waals surface area contributed by atoms with Crippen LogP contribution in [0.2, 0.25) is 0 Å². The van der Waals surface area contributed by atoms with Crippen molar-refractivity contribution in [1.29, 1.82) is 0 Å². The van der Waals surface area contributed by atoms with Crippen LogP contribution >= 0.6 is 15.9 Å². The zero-order valence-electron chi connectivity index (χ0n) is 21.2. The van der Waals surface area contributed by atoms with E-state index >= 15 is 0 Å². The summed E-state index contributed by atoms with van der Waals surface area (Å²) >= 11 is 3.45. The standard InChI is InChI=1S/C29H30BrN3O3/c1-6-35-26-15-20(10-13-25(26)36-18-21-9-7-8-19(2)14-21)17-31-33-27(34)23-16-22(30)11-12-24(23)32-28(33)29(3,4)5/h7-17H,6,18H2,1-5H3. The molecule has 0 amide bonds. The largest absolute Gasteiger partial charge is 0.490 e. The number of aromatic nitrogens is 2. The van der Waals surface area contributed by atoms with Gasteiger partial charge in [0.15, 0.2) is 11.5 Å². The first-order valence-corrected chi connectivity index (χ1v) is 12.7. The molecule has 0 atom stereocenters. The maximum Gasteiger partial charge on any atom is 0.282 e. The minimum absolute atomic E-state index is 0.217. The van der Waals surface area contributed by atoms with Crippen molar-refractivity contribution in [2.75, 3.05) is 6.61 Å². The summed E-state index contributed by atoms with van der Waals surface area (Å²) < 4.78 is 14.1. The van der Waals surface area contributed by atoms with E-state index in [0.29, 0.717) is 41.4 Å². The molecule has 0 spiro atoms. The van der Waals surface area contributed by atoms with Crippen molar-refractivity contribution in [3.8, 4) is 11.5 Å². The first-order valence-electron chi connectivity index (χ1n) is 11.9. The minimum atomic E-state index is -0.387. The summed E-state index contributed by atoms with van der Waals surface area (Å²) in [5.74, 6) is 1.86. The van der Waals surface area contributed by atoms with Crippen molar-refractivity contribution in [1.82, 2.24) is 9.66 Å². The van der Waals surface area contributed by atoms with Crippen LogP contribution in [-0.4, -0.2) is 22.5 Å². The number of aryl methyl sites for hydroxylation is 1. The zero-order valence-corrected chi connectivity index (χ0v) is 22.8. The normalized spacial score (nSPS) is 11.8. The number of hydrogen-bond donors (Lipinski definition) is 0. The van der Waals surface area contributed by atoms with Gasteiger partial charge >= 0.3 is 0 Å². The number of hydrogen-bond acceptors (Lipinski definition) is 5. The number of benzene rings is 3. The first-order chi connectivity index (χ1) is 17.2. The van der Waals surface area contributed by atoms with Crippen molar-refractivity contribution in [2.45, 2.75) is 46.6 Å². The Bertz CT molecular complexity index is 1490. The van der Waals surface area contributed by atoms with Gasteiger partial charge in [-0.05, 0) is 61.4 Å². The second kappa shape index (κ2) is 10.7. The smallest absolute Gasteiger partial charge is 0.282 e. The fourth-order valence-corrected chi connectivity index (χ4v) is 4.18. The van der Waals surface area contributed by atoms with Gasteiger partial charge in [-0.1, -0.05) is 66.5 Å². The van der Waals surface area contributed by atoms with Crippen LogP contribution in [0.1, 0.15) is 50.2 Å². The fourth-order valence-electron chi connectivity index (χ4n) is 3.82. The lowest BCUT2D eigenvalue weighted by atomic mass is 9.95. The molecule has 0 aliphatic heterocycles. The molecule has 186 valence electrons. The van der Waals surface area contributed by atoms with Gasteiger partial charge in [-0.15, -0.1) is 0 Å². The topological polar surface area (TPSA) is 65.7 Å². The van der Waals surface area contributed by atoms with Crippen LogP contribution in [0, 0.1) is 6.92 Å². The molecule has 36 heavy (non-hydrogen) atoms. The molecule has 0 saturated heterocycles. The Morgan fingerprint density at radius 2 is 1.83 bits per heavy atom. The van der Waals surface area contributed by atoms with Crippen LogP contribution in [0.3, 0.4) is 0 Å².